The van der Waals surface area contributed by atoms with Crippen molar-refractivity contribution in [1.82, 2.24) is 15.5 Å². The predicted octanol–water partition coefficient (Wildman–Crippen LogP) is 3.19. The summed E-state index contributed by atoms with van der Waals surface area (Å²) in [5.74, 6) is 0. The van der Waals surface area contributed by atoms with Gasteiger partial charge < -0.3 is 5.32 Å². The van der Waals surface area contributed by atoms with Crippen LogP contribution in [0.5, 0.6) is 0 Å². The maximum Gasteiger partial charge on any atom is 0.416 e. The molecule has 0 bridgehead atoms. The van der Waals surface area contributed by atoms with Gasteiger partial charge in [0.25, 0.3) is 0 Å². The van der Waals surface area contributed by atoms with Crippen molar-refractivity contribution in [2.75, 3.05) is 5.32 Å². The number of aryl methyl sites for hydroxylation is 1. The molecule has 0 atom stereocenters. The third kappa shape index (κ3) is 4.42. The molecule has 0 saturated heterocycles. The number of carbonyl (C=O) groups is 1. The van der Waals surface area contributed by atoms with Gasteiger partial charge in [0.15, 0.2) is 0 Å². The maximum atomic E-state index is 12.5. The van der Waals surface area contributed by atoms with Crippen LogP contribution in [0.3, 0.4) is 0 Å². The van der Waals surface area contributed by atoms with Gasteiger partial charge in [0, 0.05) is 6.54 Å². The lowest BCUT2D eigenvalue weighted by Gasteiger charge is -2.09. The highest BCUT2D eigenvalue weighted by Gasteiger charge is 2.30. The van der Waals surface area contributed by atoms with Crippen LogP contribution in [0.15, 0.2) is 24.3 Å². The number of nitrogens with one attached hydrogen (secondary N) is 2. The van der Waals surface area contributed by atoms with Gasteiger partial charge in [-0.3, -0.25) is 5.32 Å². The fourth-order valence-electron chi connectivity index (χ4n) is 1.53. The largest absolute Gasteiger partial charge is 0.416 e. The molecule has 112 valence electrons. The zero-order valence-corrected chi connectivity index (χ0v) is 11.7. The molecule has 2 aromatic rings. The van der Waals surface area contributed by atoms with Gasteiger partial charge in [-0.05, 0) is 24.6 Å². The van der Waals surface area contributed by atoms with E-state index in [4.69, 9.17) is 0 Å². The Morgan fingerprint density at radius 2 is 2.10 bits per heavy atom. The van der Waals surface area contributed by atoms with E-state index < -0.39 is 17.8 Å². The number of alkyl halides is 3. The molecule has 0 spiro atoms. The summed E-state index contributed by atoms with van der Waals surface area (Å²) in [5.41, 5.74) is -0.393. The number of urea groups is 1. The number of benzene rings is 1. The Balaban J connectivity index is 1.92. The predicted molar refractivity (Wildman–Crippen MR) is 71.9 cm³/mol. The van der Waals surface area contributed by atoms with E-state index in [0.717, 1.165) is 12.1 Å². The minimum Gasteiger partial charge on any atom is -0.334 e. The molecule has 1 aromatic carbocycles. The number of amides is 2. The van der Waals surface area contributed by atoms with Crippen molar-refractivity contribution < 1.29 is 18.0 Å². The first kappa shape index (κ1) is 15.2. The molecule has 2 amide bonds. The summed E-state index contributed by atoms with van der Waals surface area (Å²) in [7, 11) is 0. The fraction of sp³-hybridized carbons (Fsp3) is 0.250. The summed E-state index contributed by atoms with van der Waals surface area (Å²) in [6, 6.07) is 4.22. The van der Waals surface area contributed by atoms with Crippen LogP contribution in [-0.2, 0) is 12.7 Å². The fourth-order valence-corrected chi connectivity index (χ4v) is 2.12. The van der Waals surface area contributed by atoms with Crippen LogP contribution >= 0.6 is 11.3 Å². The number of anilines is 1. The van der Waals surface area contributed by atoms with Crippen LogP contribution in [0.25, 0.3) is 0 Å². The number of hydrogen-bond acceptors (Lipinski definition) is 4. The molecule has 0 aliphatic heterocycles. The Hall–Kier alpha value is -2.16. The monoisotopic (exact) mass is 316 g/mol. The molecule has 1 aromatic heterocycles. The summed E-state index contributed by atoms with van der Waals surface area (Å²) in [5, 5.41) is 13.4. The number of rotatable bonds is 3. The van der Waals surface area contributed by atoms with Gasteiger partial charge in [0.05, 0.1) is 5.56 Å². The van der Waals surface area contributed by atoms with Crippen molar-refractivity contribution in [3.05, 3.63) is 40.4 Å². The number of nitrogens with zero attached hydrogens (tertiary/aromatic N) is 2. The minimum absolute atomic E-state index is 0.0203. The Morgan fingerprint density at radius 1 is 1.33 bits per heavy atom. The van der Waals surface area contributed by atoms with Crippen LogP contribution in [0.1, 0.15) is 16.1 Å². The smallest absolute Gasteiger partial charge is 0.334 e. The Kier molecular flexibility index (Phi) is 4.41. The molecule has 1 heterocycles. The van der Waals surface area contributed by atoms with Crippen LogP contribution in [0.2, 0.25) is 0 Å². The second-order valence-corrected chi connectivity index (χ2v) is 5.31. The van der Waals surface area contributed by atoms with E-state index in [9.17, 15) is 18.0 Å². The van der Waals surface area contributed by atoms with Gasteiger partial charge in [-0.25, -0.2) is 4.79 Å². The summed E-state index contributed by atoms with van der Waals surface area (Å²) in [4.78, 5) is 11.6. The Morgan fingerprint density at radius 3 is 2.71 bits per heavy atom. The summed E-state index contributed by atoms with van der Waals surface area (Å²) < 4.78 is 37.6. The molecule has 21 heavy (non-hydrogen) atoms. The molecule has 5 nitrogen and oxygen atoms in total. The molecule has 0 aliphatic rings. The number of aromatic nitrogens is 2. The normalized spacial score (nSPS) is 11.2. The molecule has 0 aliphatic carbocycles. The van der Waals surface area contributed by atoms with E-state index in [1.54, 1.807) is 6.92 Å². The van der Waals surface area contributed by atoms with E-state index in [1.165, 1.54) is 23.5 Å². The lowest BCUT2D eigenvalue weighted by molar-refractivity contribution is -0.137. The molecule has 0 radical (unpaired) electrons. The molecule has 9 heteroatoms. The number of halogens is 3. The highest BCUT2D eigenvalue weighted by atomic mass is 32.1. The first-order chi connectivity index (χ1) is 9.84. The minimum atomic E-state index is -4.40. The summed E-state index contributed by atoms with van der Waals surface area (Å²) >= 11 is 1.20. The lowest BCUT2D eigenvalue weighted by Crippen LogP contribution is -2.28. The van der Waals surface area contributed by atoms with E-state index in [-0.39, 0.29) is 6.54 Å². The topological polar surface area (TPSA) is 66.9 Å². The van der Waals surface area contributed by atoms with E-state index >= 15 is 0 Å². The van der Waals surface area contributed by atoms with E-state index in [1.807, 2.05) is 0 Å². The first-order valence-electron chi connectivity index (χ1n) is 5.86. The molecular weight excluding hydrogens is 305 g/mol. The van der Waals surface area contributed by atoms with Crippen molar-refractivity contribution in [2.24, 2.45) is 0 Å². The molecule has 2 rings (SSSR count). The maximum absolute atomic E-state index is 12.5. The third-order valence-corrected chi connectivity index (χ3v) is 3.21. The third-order valence-electron chi connectivity index (χ3n) is 2.45. The van der Waals surface area contributed by atoms with Crippen molar-refractivity contribution in [3.63, 3.8) is 0 Å². The molecule has 2 N–H and O–H groups in total. The van der Waals surface area contributed by atoms with Gasteiger partial charge in [0.2, 0.25) is 5.13 Å². The zero-order valence-electron chi connectivity index (χ0n) is 10.9. The Labute approximate surface area is 122 Å². The second-order valence-electron chi connectivity index (χ2n) is 4.13. The number of hydrogen-bond donors (Lipinski definition) is 2. The molecule has 0 saturated carbocycles. The molecular formula is C12H11F3N4OS. The average molecular weight is 316 g/mol. The molecule has 0 fully saturated rings. The summed E-state index contributed by atoms with van der Waals surface area (Å²) in [6.45, 7) is 1.72. The van der Waals surface area contributed by atoms with E-state index in [2.05, 4.69) is 20.8 Å². The van der Waals surface area contributed by atoms with Crippen LogP contribution in [0.4, 0.5) is 23.1 Å². The quantitative estimate of drug-likeness (QED) is 0.914. The first-order valence-corrected chi connectivity index (χ1v) is 6.67. The van der Waals surface area contributed by atoms with Crippen LogP contribution in [-0.4, -0.2) is 16.2 Å². The van der Waals surface area contributed by atoms with Gasteiger partial charge in [-0.15, -0.1) is 10.2 Å². The highest BCUT2D eigenvalue weighted by molar-refractivity contribution is 7.15. The SMILES string of the molecule is Cc1nnc(NC(=O)NCc2cccc(C(F)(F)F)c2)s1. The van der Waals surface area contributed by atoms with E-state index in [0.29, 0.717) is 15.7 Å². The van der Waals surface area contributed by atoms with Gasteiger partial charge >= 0.3 is 12.2 Å². The standard InChI is InChI=1S/C12H11F3N4OS/c1-7-18-19-11(21-7)17-10(20)16-6-8-3-2-4-9(5-8)12(13,14)15/h2-5H,6H2,1H3,(H2,16,17,19,20). The zero-order chi connectivity index (χ0) is 15.5. The Bertz CT molecular complexity index is 641. The summed E-state index contributed by atoms with van der Waals surface area (Å²) in [6.07, 6.45) is -4.40. The van der Waals surface area contributed by atoms with Crippen molar-refractivity contribution >= 4 is 22.5 Å². The van der Waals surface area contributed by atoms with Crippen LogP contribution < -0.4 is 10.6 Å². The number of carbonyl (C=O) groups excluding carboxylic acids is 1. The van der Waals surface area contributed by atoms with Crippen LogP contribution in [0, 0.1) is 6.92 Å². The van der Waals surface area contributed by atoms with Crippen molar-refractivity contribution in [1.29, 1.82) is 0 Å². The van der Waals surface area contributed by atoms with Gasteiger partial charge in [-0.2, -0.15) is 13.2 Å². The second kappa shape index (κ2) is 6.08. The van der Waals surface area contributed by atoms with Crippen molar-refractivity contribution in [3.8, 4) is 0 Å². The molecule has 0 unspecified atom stereocenters. The van der Waals surface area contributed by atoms with Gasteiger partial charge in [-0.1, -0.05) is 23.5 Å². The van der Waals surface area contributed by atoms with Gasteiger partial charge in [0.1, 0.15) is 5.01 Å². The average Bonchev–Trinajstić information content (AvgIpc) is 2.81. The lowest BCUT2D eigenvalue weighted by atomic mass is 10.1. The van der Waals surface area contributed by atoms with Crippen molar-refractivity contribution in [2.45, 2.75) is 19.6 Å². The highest BCUT2D eigenvalue weighted by Crippen LogP contribution is 2.29.